The summed E-state index contributed by atoms with van der Waals surface area (Å²) in [5.41, 5.74) is 1.55. The molecule has 0 aromatic rings. The number of hydrogen-bond donors (Lipinski definition) is 0. The van der Waals surface area contributed by atoms with Crippen LogP contribution in [0.1, 0.15) is 53.4 Å². The Labute approximate surface area is 103 Å². The van der Waals surface area contributed by atoms with Gasteiger partial charge in [-0.15, -0.1) is 0 Å². The molecule has 1 nitrogen and oxygen atoms in total. The summed E-state index contributed by atoms with van der Waals surface area (Å²) < 4.78 is 5.67. The van der Waals surface area contributed by atoms with E-state index in [0.29, 0.717) is 0 Å². The van der Waals surface area contributed by atoms with Gasteiger partial charge in [0.25, 0.3) is 0 Å². The first-order valence-electron chi connectivity index (χ1n) is 5.87. The lowest BCUT2D eigenvalue weighted by atomic mass is 9.99. The molecule has 0 aromatic heterocycles. The summed E-state index contributed by atoms with van der Waals surface area (Å²) in [6.07, 6.45) is 7.02. The minimum absolute atomic E-state index is 0.0461. The van der Waals surface area contributed by atoms with Gasteiger partial charge in [-0.1, -0.05) is 27.6 Å². The smallest absolute Gasteiger partial charge is 0.0626 e. The van der Waals surface area contributed by atoms with Crippen molar-refractivity contribution in [1.82, 2.24) is 0 Å². The van der Waals surface area contributed by atoms with Crippen molar-refractivity contribution in [3.8, 4) is 0 Å². The van der Waals surface area contributed by atoms with Crippen LogP contribution in [0.2, 0.25) is 0 Å². The predicted molar refractivity (Wildman–Crippen MR) is 71.7 cm³/mol. The zero-order valence-corrected chi connectivity index (χ0v) is 12.2. The number of allylic oxidation sites excluding steroid dienone is 2. The molecule has 0 bridgehead atoms. The lowest BCUT2D eigenvalue weighted by Crippen LogP contribution is -2.24. The summed E-state index contributed by atoms with van der Waals surface area (Å²) in [5, 5.41) is 1.06. The van der Waals surface area contributed by atoms with Crippen LogP contribution in [0.15, 0.2) is 11.6 Å². The van der Waals surface area contributed by atoms with Gasteiger partial charge in [-0.05, 0) is 53.4 Å². The topological polar surface area (TPSA) is 9.23 Å². The molecule has 0 fully saturated rings. The molecule has 0 saturated heterocycles. The average molecular weight is 277 g/mol. The molecule has 0 aliphatic rings. The fraction of sp³-hybridized carbons (Fsp3) is 0.846. The first kappa shape index (κ1) is 15.2. The quantitative estimate of drug-likeness (QED) is 0.461. The molecule has 0 aromatic carbocycles. The third-order valence-electron chi connectivity index (χ3n) is 2.49. The highest BCUT2D eigenvalue weighted by molar-refractivity contribution is 9.09. The molecule has 0 heterocycles. The monoisotopic (exact) mass is 276 g/mol. The molecule has 15 heavy (non-hydrogen) atoms. The summed E-state index contributed by atoms with van der Waals surface area (Å²) in [6, 6.07) is 0. The first-order valence-corrected chi connectivity index (χ1v) is 6.99. The van der Waals surface area contributed by atoms with E-state index in [0.717, 1.165) is 24.8 Å². The van der Waals surface area contributed by atoms with Gasteiger partial charge in [0.2, 0.25) is 0 Å². The maximum Gasteiger partial charge on any atom is 0.0626 e. The number of ether oxygens (including phenoxy) is 1. The average Bonchev–Trinajstić information content (AvgIpc) is 2.14. The van der Waals surface area contributed by atoms with Gasteiger partial charge >= 0.3 is 0 Å². The lowest BCUT2D eigenvalue weighted by molar-refractivity contribution is -0.0173. The van der Waals surface area contributed by atoms with E-state index in [1.165, 1.54) is 18.4 Å². The Bertz CT molecular complexity index is 185. The molecule has 0 spiro atoms. The van der Waals surface area contributed by atoms with Gasteiger partial charge in [0.1, 0.15) is 0 Å². The van der Waals surface area contributed by atoms with Crippen molar-refractivity contribution in [1.29, 1.82) is 0 Å². The first-order chi connectivity index (χ1) is 7.02. The number of rotatable bonds is 8. The fourth-order valence-electron chi connectivity index (χ4n) is 1.66. The molecule has 0 N–H and O–H groups in total. The molecule has 0 rings (SSSR count). The molecule has 0 atom stereocenters. The summed E-state index contributed by atoms with van der Waals surface area (Å²) in [6.45, 7) is 9.44. The third-order valence-corrected chi connectivity index (χ3v) is 2.94. The van der Waals surface area contributed by atoms with Crippen LogP contribution in [0.25, 0.3) is 0 Å². The van der Waals surface area contributed by atoms with Gasteiger partial charge < -0.3 is 4.74 Å². The van der Waals surface area contributed by atoms with E-state index in [4.69, 9.17) is 4.74 Å². The molecule has 0 unspecified atom stereocenters. The Hall–Kier alpha value is 0.180. The second-order valence-electron chi connectivity index (χ2n) is 4.57. The molecular weight excluding hydrogens is 252 g/mol. The Morgan fingerprint density at radius 2 is 2.07 bits per heavy atom. The van der Waals surface area contributed by atoms with E-state index in [2.05, 4.69) is 49.7 Å². The van der Waals surface area contributed by atoms with Gasteiger partial charge in [0.05, 0.1) is 5.60 Å². The fourth-order valence-corrected chi connectivity index (χ4v) is 1.89. The molecule has 0 aliphatic carbocycles. The zero-order chi connectivity index (χ0) is 11.7. The van der Waals surface area contributed by atoms with Crippen molar-refractivity contribution in [2.24, 2.45) is 0 Å². The molecule has 0 amide bonds. The SMILES string of the molecule is CCOC(C)(C)CCC/C(C)=C/CCBr. The van der Waals surface area contributed by atoms with Gasteiger partial charge in [-0.3, -0.25) is 0 Å². The van der Waals surface area contributed by atoms with E-state index in [1.54, 1.807) is 0 Å². The van der Waals surface area contributed by atoms with Crippen LogP contribution in [-0.2, 0) is 4.74 Å². The van der Waals surface area contributed by atoms with Crippen LogP contribution in [0, 0.1) is 0 Å². The van der Waals surface area contributed by atoms with E-state index in [-0.39, 0.29) is 5.60 Å². The van der Waals surface area contributed by atoms with Gasteiger partial charge in [-0.2, -0.15) is 0 Å². The summed E-state index contributed by atoms with van der Waals surface area (Å²) in [4.78, 5) is 0. The molecular formula is C13H25BrO. The third kappa shape index (κ3) is 9.13. The predicted octanol–water partition coefficient (Wildman–Crippen LogP) is 4.70. The normalized spacial score (nSPS) is 13.3. The Balaban J connectivity index is 3.68. The highest BCUT2D eigenvalue weighted by atomic mass is 79.9. The van der Waals surface area contributed by atoms with E-state index in [1.807, 2.05) is 0 Å². The van der Waals surface area contributed by atoms with E-state index < -0.39 is 0 Å². The Kier molecular flexibility index (Phi) is 8.45. The number of hydrogen-bond acceptors (Lipinski definition) is 1. The van der Waals surface area contributed by atoms with Crippen LogP contribution in [-0.4, -0.2) is 17.5 Å². The Morgan fingerprint density at radius 1 is 1.40 bits per heavy atom. The molecule has 0 radical (unpaired) electrons. The van der Waals surface area contributed by atoms with Crippen LogP contribution in [0.4, 0.5) is 0 Å². The standard InChI is InChI=1S/C13H25BrO/c1-5-15-13(3,4)10-6-8-12(2)9-7-11-14/h9H,5-8,10-11H2,1-4H3/b12-9+. The number of alkyl halides is 1. The molecule has 0 saturated carbocycles. The zero-order valence-electron chi connectivity index (χ0n) is 10.6. The lowest BCUT2D eigenvalue weighted by Gasteiger charge is -2.24. The minimum Gasteiger partial charge on any atom is -0.376 e. The van der Waals surface area contributed by atoms with Crippen LogP contribution in [0.5, 0.6) is 0 Å². The van der Waals surface area contributed by atoms with Crippen LogP contribution >= 0.6 is 15.9 Å². The van der Waals surface area contributed by atoms with Crippen molar-refractivity contribution in [3.63, 3.8) is 0 Å². The van der Waals surface area contributed by atoms with Crippen LogP contribution in [0.3, 0.4) is 0 Å². The summed E-state index contributed by atoms with van der Waals surface area (Å²) in [5.74, 6) is 0. The summed E-state index contributed by atoms with van der Waals surface area (Å²) in [7, 11) is 0. The van der Waals surface area contributed by atoms with E-state index in [9.17, 15) is 0 Å². The molecule has 90 valence electrons. The highest BCUT2D eigenvalue weighted by Crippen LogP contribution is 2.19. The largest absolute Gasteiger partial charge is 0.376 e. The molecule has 2 heteroatoms. The van der Waals surface area contributed by atoms with Crippen LogP contribution < -0.4 is 0 Å². The van der Waals surface area contributed by atoms with Gasteiger partial charge in [0.15, 0.2) is 0 Å². The summed E-state index contributed by atoms with van der Waals surface area (Å²) >= 11 is 3.43. The van der Waals surface area contributed by atoms with Crippen molar-refractivity contribution in [2.45, 2.75) is 59.0 Å². The minimum atomic E-state index is 0.0461. The van der Waals surface area contributed by atoms with Gasteiger partial charge in [-0.25, -0.2) is 0 Å². The van der Waals surface area contributed by atoms with Crippen molar-refractivity contribution >= 4 is 15.9 Å². The maximum atomic E-state index is 5.67. The van der Waals surface area contributed by atoms with Crippen molar-refractivity contribution in [2.75, 3.05) is 11.9 Å². The Morgan fingerprint density at radius 3 is 2.60 bits per heavy atom. The van der Waals surface area contributed by atoms with Gasteiger partial charge in [0, 0.05) is 11.9 Å². The highest BCUT2D eigenvalue weighted by Gasteiger charge is 2.16. The number of halogens is 1. The second-order valence-corrected chi connectivity index (χ2v) is 5.37. The van der Waals surface area contributed by atoms with Crippen molar-refractivity contribution in [3.05, 3.63) is 11.6 Å². The maximum absolute atomic E-state index is 5.67. The second kappa shape index (κ2) is 8.35. The van der Waals surface area contributed by atoms with E-state index >= 15 is 0 Å². The van der Waals surface area contributed by atoms with Crippen molar-refractivity contribution < 1.29 is 4.74 Å². The molecule has 0 aliphatic heterocycles.